The average molecular weight is 207 g/mol. The molecule has 0 amide bonds. The van der Waals surface area contributed by atoms with Gasteiger partial charge >= 0.3 is 0 Å². The Kier molecular flexibility index (Phi) is 3.72. The van der Waals surface area contributed by atoms with Gasteiger partial charge in [-0.05, 0) is 13.3 Å². The fourth-order valence-electron chi connectivity index (χ4n) is 2.23. The molecule has 0 bridgehead atoms. The second-order valence-corrected chi connectivity index (χ2v) is 4.28. The molecule has 0 aliphatic rings. The van der Waals surface area contributed by atoms with E-state index in [4.69, 9.17) is 0 Å². The summed E-state index contributed by atoms with van der Waals surface area (Å²) in [5.74, 6) is 0. The van der Waals surface area contributed by atoms with Crippen LogP contribution in [0.25, 0.3) is 0 Å². The third kappa shape index (κ3) is 2.14. The van der Waals surface area contributed by atoms with Gasteiger partial charge in [0.25, 0.3) is 0 Å². The van der Waals surface area contributed by atoms with Crippen molar-refractivity contribution in [2.45, 2.75) is 40.5 Å². The molecule has 0 aliphatic carbocycles. The summed E-state index contributed by atoms with van der Waals surface area (Å²) in [6, 6.07) is 0. The molecule has 0 aromatic carbocycles. The minimum absolute atomic E-state index is 1.07. The van der Waals surface area contributed by atoms with E-state index in [-0.39, 0.29) is 0 Å². The number of aromatic amines is 1. The zero-order valence-electron chi connectivity index (χ0n) is 10.9. The van der Waals surface area contributed by atoms with Crippen LogP contribution in [0.5, 0.6) is 0 Å². The number of nitrogens with zero attached hydrogens (tertiary/aromatic N) is 1. The van der Waals surface area contributed by atoms with E-state index in [1.54, 1.807) is 0 Å². The van der Waals surface area contributed by atoms with Gasteiger partial charge in [-0.25, -0.2) is 4.98 Å². The van der Waals surface area contributed by atoms with Crippen molar-refractivity contribution in [1.29, 1.82) is 0 Å². The van der Waals surface area contributed by atoms with Gasteiger partial charge < -0.3 is 4.90 Å². The molecular weight excluding hydrogens is 184 g/mol. The maximum absolute atomic E-state index is 3.51. The van der Waals surface area contributed by atoms with Crippen LogP contribution in [0.15, 0.2) is 0 Å². The average Bonchev–Trinajstić information content (AvgIpc) is 2.20. The maximum atomic E-state index is 3.51. The third-order valence-corrected chi connectivity index (χ3v) is 3.06. The summed E-state index contributed by atoms with van der Waals surface area (Å²) in [5.41, 5.74) is 6.89. The first-order valence-electron chi connectivity index (χ1n) is 5.74. The summed E-state index contributed by atoms with van der Waals surface area (Å²) >= 11 is 0. The number of H-pyrrole nitrogens is 1. The first-order chi connectivity index (χ1) is 7.02. The molecule has 0 saturated carbocycles. The van der Waals surface area contributed by atoms with Crippen molar-refractivity contribution in [2.75, 3.05) is 19.0 Å². The van der Waals surface area contributed by atoms with Crippen LogP contribution in [0, 0.1) is 13.8 Å². The monoisotopic (exact) mass is 207 g/mol. The van der Waals surface area contributed by atoms with E-state index in [1.807, 2.05) is 0 Å². The molecule has 0 unspecified atom stereocenters. The predicted molar refractivity (Wildman–Crippen MR) is 65.6 cm³/mol. The van der Waals surface area contributed by atoms with Gasteiger partial charge in [-0.2, -0.15) is 0 Å². The minimum Gasteiger partial charge on any atom is -0.377 e. The summed E-state index contributed by atoms with van der Waals surface area (Å²) in [5, 5.41) is 0. The Morgan fingerprint density at radius 3 is 2.07 bits per heavy atom. The van der Waals surface area contributed by atoms with Gasteiger partial charge in [-0.1, -0.05) is 13.8 Å². The number of pyridine rings is 1. The highest BCUT2D eigenvalue weighted by atomic mass is 15.1. The highest BCUT2D eigenvalue weighted by Crippen LogP contribution is 2.26. The third-order valence-electron chi connectivity index (χ3n) is 3.06. The van der Waals surface area contributed by atoms with Gasteiger partial charge in [0.05, 0.1) is 5.69 Å². The first-order valence-corrected chi connectivity index (χ1v) is 5.74. The van der Waals surface area contributed by atoms with Gasteiger partial charge in [-0.3, -0.25) is 0 Å². The smallest absolute Gasteiger partial charge is 0.184 e. The van der Waals surface area contributed by atoms with Crippen LogP contribution in [0.4, 0.5) is 5.69 Å². The molecule has 0 fully saturated rings. The van der Waals surface area contributed by atoms with Crippen molar-refractivity contribution in [3.8, 4) is 0 Å². The van der Waals surface area contributed by atoms with E-state index < -0.39 is 0 Å². The van der Waals surface area contributed by atoms with E-state index in [1.165, 1.54) is 28.2 Å². The summed E-state index contributed by atoms with van der Waals surface area (Å²) in [7, 11) is 4.25. The number of rotatable bonds is 3. The Bertz CT molecular complexity index is 354. The van der Waals surface area contributed by atoms with E-state index >= 15 is 0 Å². The van der Waals surface area contributed by atoms with Crippen LogP contribution >= 0.6 is 0 Å². The molecule has 0 saturated heterocycles. The summed E-state index contributed by atoms with van der Waals surface area (Å²) in [6.45, 7) is 8.78. The molecule has 0 atom stereocenters. The minimum atomic E-state index is 1.07. The fraction of sp³-hybridized carbons (Fsp3) is 0.615. The van der Waals surface area contributed by atoms with Crippen LogP contribution < -0.4 is 9.88 Å². The molecule has 0 spiro atoms. The number of aromatic nitrogens is 1. The summed E-state index contributed by atoms with van der Waals surface area (Å²) < 4.78 is 0. The topological polar surface area (TPSA) is 17.4 Å². The molecule has 1 aromatic rings. The van der Waals surface area contributed by atoms with Gasteiger partial charge in [0, 0.05) is 38.6 Å². The Morgan fingerprint density at radius 1 is 1.07 bits per heavy atom. The molecule has 0 aliphatic heterocycles. The summed E-state index contributed by atoms with van der Waals surface area (Å²) in [4.78, 5) is 5.74. The molecule has 0 radical (unpaired) electrons. The molecule has 15 heavy (non-hydrogen) atoms. The lowest BCUT2D eigenvalue weighted by atomic mass is 10.0. The zero-order chi connectivity index (χ0) is 11.6. The molecule has 2 heteroatoms. The zero-order valence-corrected chi connectivity index (χ0v) is 10.9. The lowest BCUT2D eigenvalue weighted by Gasteiger charge is -2.20. The number of hydrogen-bond donors (Lipinski definition) is 0. The Morgan fingerprint density at radius 2 is 1.67 bits per heavy atom. The lowest BCUT2D eigenvalue weighted by Crippen LogP contribution is -2.24. The van der Waals surface area contributed by atoms with E-state index in [0.717, 1.165) is 12.8 Å². The largest absolute Gasteiger partial charge is 0.377 e. The quantitative estimate of drug-likeness (QED) is 0.743. The molecule has 1 aromatic heterocycles. The predicted octanol–water partition coefficient (Wildman–Crippen LogP) is 2.31. The van der Waals surface area contributed by atoms with Crippen molar-refractivity contribution < 1.29 is 4.98 Å². The van der Waals surface area contributed by atoms with Crippen molar-refractivity contribution in [1.82, 2.24) is 0 Å². The van der Waals surface area contributed by atoms with Gasteiger partial charge in [0.15, 0.2) is 11.4 Å². The van der Waals surface area contributed by atoms with Crippen LogP contribution in [0.3, 0.4) is 0 Å². The van der Waals surface area contributed by atoms with Gasteiger partial charge in [-0.15, -0.1) is 0 Å². The molecule has 1 N–H and O–H groups in total. The molecule has 1 rings (SSSR count). The van der Waals surface area contributed by atoms with Gasteiger partial charge in [0.2, 0.25) is 0 Å². The highest BCUT2D eigenvalue weighted by molar-refractivity contribution is 5.59. The van der Waals surface area contributed by atoms with Crippen LogP contribution in [0.1, 0.15) is 36.4 Å². The first kappa shape index (κ1) is 12.0. The Balaban J connectivity index is 3.49. The van der Waals surface area contributed by atoms with Crippen LogP contribution in [-0.2, 0) is 12.8 Å². The Hall–Kier alpha value is -1.05. The number of aryl methyl sites for hydroxylation is 2. The highest BCUT2D eigenvalue weighted by Gasteiger charge is 2.19. The molecule has 2 nitrogen and oxygen atoms in total. The molecular formula is C13H23N2+. The number of nitrogens with one attached hydrogen (secondary N) is 1. The van der Waals surface area contributed by atoms with Crippen molar-refractivity contribution in [2.24, 2.45) is 0 Å². The SMILES string of the molecule is CCc1[nH+]c(C)c(C)c(N(C)C)c1CC. The lowest BCUT2D eigenvalue weighted by molar-refractivity contribution is -0.400. The van der Waals surface area contributed by atoms with Crippen LogP contribution in [-0.4, -0.2) is 14.1 Å². The standard InChI is InChI=1S/C13H22N2/c1-7-11-12(8-2)14-10(4)9(3)13(11)15(5)6/h7-8H2,1-6H3/p+1. The molecule has 1 heterocycles. The van der Waals surface area contributed by atoms with E-state index in [2.05, 4.69) is 51.7 Å². The second kappa shape index (κ2) is 4.65. The number of hydrogen-bond acceptors (Lipinski definition) is 1. The normalized spacial score (nSPS) is 10.5. The van der Waals surface area contributed by atoms with Crippen molar-refractivity contribution >= 4 is 5.69 Å². The number of anilines is 1. The maximum Gasteiger partial charge on any atom is 0.184 e. The van der Waals surface area contributed by atoms with Crippen molar-refractivity contribution in [3.63, 3.8) is 0 Å². The summed E-state index contributed by atoms with van der Waals surface area (Å²) in [6.07, 6.45) is 2.17. The van der Waals surface area contributed by atoms with E-state index in [0.29, 0.717) is 0 Å². The molecule has 84 valence electrons. The van der Waals surface area contributed by atoms with Crippen molar-refractivity contribution in [3.05, 3.63) is 22.5 Å². The van der Waals surface area contributed by atoms with E-state index in [9.17, 15) is 0 Å². The Labute approximate surface area is 93.3 Å². The second-order valence-electron chi connectivity index (χ2n) is 4.28. The fourth-order valence-corrected chi connectivity index (χ4v) is 2.23. The van der Waals surface area contributed by atoms with Crippen LogP contribution in [0.2, 0.25) is 0 Å². The van der Waals surface area contributed by atoms with Gasteiger partial charge in [0.1, 0.15) is 0 Å².